The Morgan fingerprint density at radius 3 is 2.68 bits per heavy atom. The topological polar surface area (TPSA) is 45.5 Å². The second-order valence-electron chi connectivity index (χ2n) is 4.91. The molecule has 108 valence electrons. The molecule has 0 atom stereocenters. The first-order chi connectivity index (χ1) is 9.01. The molecule has 0 aromatic carbocycles. The molecule has 0 aliphatic heterocycles. The molecule has 0 radical (unpaired) electrons. The van der Waals surface area contributed by atoms with Crippen LogP contribution in [0.1, 0.15) is 50.1 Å². The van der Waals surface area contributed by atoms with Crippen molar-refractivity contribution in [1.82, 2.24) is 9.47 Å². The minimum Gasteiger partial charge on any atom is -0.395 e. The number of hydrogen-bond acceptors (Lipinski definition) is 2. The maximum Gasteiger partial charge on any atom is 0.270 e. The van der Waals surface area contributed by atoms with Crippen molar-refractivity contribution in [3.8, 4) is 0 Å². The number of amides is 1. The number of carbonyl (C=O) groups excluding carboxylic acids is 1. The van der Waals surface area contributed by atoms with E-state index in [4.69, 9.17) is 16.7 Å². The number of unbranched alkanes of at least 4 members (excludes halogenated alkanes) is 1. The van der Waals surface area contributed by atoms with Gasteiger partial charge in [-0.05, 0) is 26.3 Å². The summed E-state index contributed by atoms with van der Waals surface area (Å²) in [5, 5.41) is 9.65. The van der Waals surface area contributed by atoms with Gasteiger partial charge in [0.25, 0.3) is 5.91 Å². The SMILES string of the molecule is CCCCN(CCO)C(=O)c1cc(Cl)cn1C(C)C. The van der Waals surface area contributed by atoms with E-state index in [1.807, 2.05) is 18.4 Å². The van der Waals surface area contributed by atoms with Gasteiger partial charge < -0.3 is 14.6 Å². The van der Waals surface area contributed by atoms with Crippen molar-refractivity contribution in [2.24, 2.45) is 0 Å². The summed E-state index contributed by atoms with van der Waals surface area (Å²) in [4.78, 5) is 14.2. The van der Waals surface area contributed by atoms with Crippen LogP contribution >= 0.6 is 11.6 Å². The lowest BCUT2D eigenvalue weighted by Gasteiger charge is -2.23. The van der Waals surface area contributed by atoms with Crippen LogP contribution in [0.25, 0.3) is 0 Å². The van der Waals surface area contributed by atoms with Crippen molar-refractivity contribution in [1.29, 1.82) is 0 Å². The largest absolute Gasteiger partial charge is 0.395 e. The number of nitrogens with zero attached hydrogens (tertiary/aromatic N) is 2. The van der Waals surface area contributed by atoms with Crippen molar-refractivity contribution in [3.05, 3.63) is 23.0 Å². The molecule has 0 aliphatic carbocycles. The van der Waals surface area contributed by atoms with Crippen LogP contribution in [-0.2, 0) is 0 Å². The van der Waals surface area contributed by atoms with E-state index in [1.54, 1.807) is 17.2 Å². The Labute approximate surface area is 120 Å². The van der Waals surface area contributed by atoms with Crippen LogP contribution in [0, 0.1) is 0 Å². The van der Waals surface area contributed by atoms with E-state index in [0.29, 0.717) is 23.8 Å². The molecule has 19 heavy (non-hydrogen) atoms. The smallest absolute Gasteiger partial charge is 0.270 e. The quantitative estimate of drug-likeness (QED) is 0.837. The monoisotopic (exact) mass is 286 g/mol. The lowest BCUT2D eigenvalue weighted by Crippen LogP contribution is -2.35. The van der Waals surface area contributed by atoms with Gasteiger partial charge in [-0.3, -0.25) is 4.79 Å². The zero-order chi connectivity index (χ0) is 14.4. The van der Waals surface area contributed by atoms with Gasteiger partial charge in [-0.15, -0.1) is 0 Å². The van der Waals surface area contributed by atoms with Gasteiger partial charge in [-0.2, -0.15) is 0 Å². The van der Waals surface area contributed by atoms with Crippen LogP contribution in [0.5, 0.6) is 0 Å². The first-order valence-corrected chi connectivity index (χ1v) is 7.16. The summed E-state index contributed by atoms with van der Waals surface area (Å²) in [6.07, 6.45) is 3.72. The predicted octanol–water partition coefficient (Wildman–Crippen LogP) is 2.96. The molecule has 1 amide bonds. The van der Waals surface area contributed by atoms with Crippen LogP contribution in [0.2, 0.25) is 5.02 Å². The molecule has 1 aromatic rings. The molecule has 4 nitrogen and oxygen atoms in total. The molecule has 0 unspecified atom stereocenters. The van der Waals surface area contributed by atoms with Gasteiger partial charge in [0, 0.05) is 25.3 Å². The third-order valence-corrected chi connectivity index (χ3v) is 3.24. The van der Waals surface area contributed by atoms with Crippen molar-refractivity contribution < 1.29 is 9.90 Å². The van der Waals surface area contributed by atoms with Gasteiger partial charge in [0.15, 0.2) is 0 Å². The fourth-order valence-corrected chi connectivity index (χ4v) is 2.20. The van der Waals surface area contributed by atoms with E-state index in [2.05, 4.69) is 6.92 Å². The molecule has 0 saturated heterocycles. The maximum absolute atomic E-state index is 12.5. The number of aliphatic hydroxyl groups is 1. The van der Waals surface area contributed by atoms with Crippen LogP contribution in [-0.4, -0.2) is 40.2 Å². The zero-order valence-electron chi connectivity index (χ0n) is 11.9. The average Bonchev–Trinajstić information content (AvgIpc) is 2.76. The van der Waals surface area contributed by atoms with Crippen molar-refractivity contribution in [2.75, 3.05) is 19.7 Å². The van der Waals surface area contributed by atoms with Gasteiger partial charge in [0.1, 0.15) is 5.69 Å². The Bertz CT molecular complexity index is 416. The average molecular weight is 287 g/mol. The lowest BCUT2D eigenvalue weighted by molar-refractivity contribution is 0.0707. The maximum atomic E-state index is 12.5. The van der Waals surface area contributed by atoms with Gasteiger partial charge in [-0.25, -0.2) is 0 Å². The third kappa shape index (κ3) is 4.25. The van der Waals surface area contributed by atoms with Gasteiger partial charge >= 0.3 is 0 Å². The van der Waals surface area contributed by atoms with Crippen molar-refractivity contribution in [3.63, 3.8) is 0 Å². The van der Waals surface area contributed by atoms with Gasteiger partial charge in [-0.1, -0.05) is 24.9 Å². The Balaban J connectivity index is 2.95. The lowest BCUT2D eigenvalue weighted by atomic mass is 10.2. The van der Waals surface area contributed by atoms with Gasteiger partial charge in [0.2, 0.25) is 0 Å². The number of hydrogen-bond donors (Lipinski definition) is 1. The zero-order valence-corrected chi connectivity index (χ0v) is 12.7. The molecular formula is C14H23ClN2O2. The summed E-state index contributed by atoms with van der Waals surface area (Å²) in [5.74, 6) is -0.0666. The number of aromatic nitrogens is 1. The molecule has 0 fully saturated rings. The molecule has 0 saturated carbocycles. The van der Waals surface area contributed by atoms with E-state index < -0.39 is 0 Å². The first kappa shape index (κ1) is 16.1. The predicted molar refractivity (Wildman–Crippen MR) is 77.7 cm³/mol. The van der Waals surface area contributed by atoms with Crippen LogP contribution < -0.4 is 0 Å². The van der Waals surface area contributed by atoms with E-state index in [1.165, 1.54) is 0 Å². The standard InChI is InChI=1S/C14H23ClN2O2/c1-4-5-6-16(7-8-18)14(19)13-9-12(15)10-17(13)11(2)3/h9-11,18H,4-8H2,1-3H3. The molecule has 5 heteroatoms. The molecule has 0 aliphatic rings. The van der Waals surface area contributed by atoms with Crippen LogP contribution in [0.4, 0.5) is 0 Å². The van der Waals surface area contributed by atoms with Crippen LogP contribution in [0.3, 0.4) is 0 Å². The second kappa shape index (κ2) is 7.56. The minimum atomic E-state index is -0.0666. The number of carbonyl (C=O) groups is 1. The first-order valence-electron chi connectivity index (χ1n) is 6.78. The fourth-order valence-electron chi connectivity index (χ4n) is 1.99. The molecule has 0 bridgehead atoms. The molecule has 0 spiro atoms. The highest BCUT2D eigenvalue weighted by atomic mass is 35.5. The molecule has 1 rings (SSSR count). The second-order valence-corrected chi connectivity index (χ2v) is 5.35. The summed E-state index contributed by atoms with van der Waals surface area (Å²) < 4.78 is 1.88. The highest BCUT2D eigenvalue weighted by Gasteiger charge is 2.20. The van der Waals surface area contributed by atoms with E-state index in [-0.39, 0.29) is 18.6 Å². The van der Waals surface area contributed by atoms with E-state index in [0.717, 1.165) is 12.8 Å². The summed E-state index contributed by atoms with van der Waals surface area (Å²) in [6, 6.07) is 1.87. The highest BCUT2D eigenvalue weighted by Crippen LogP contribution is 2.20. The Morgan fingerprint density at radius 1 is 1.47 bits per heavy atom. The summed E-state index contributed by atoms with van der Waals surface area (Å²) in [6.45, 7) is 7.10. The summed E-state index contributed by atoms with van der Waals surface area (Å²) in [7, 11) is 0. The molecule has 1 heterocycles. The number of halogens is 1. The molecular weight excluding hydrogens is 264 g/mol. The Kier molecular flexibility index (Phi) is 6.38. The Hall–Kier alpha value is -1.00. The Morgan fingerprint density at radius 2 is 2.16 bits per heavy atom. The van der Waals surface area contributed by atoms with Gasteiger partial charge in [0.05, 0.1) is 11.6 Å². The molecule has 1 N–H and O–H groups in total. The van der Waals surface area contributed by atoms with E-state index in [9.17, 15) is 4.79 Å². The normalized spacial score (nSPS) is 11.1. The van der Waals surface area contributed by atoms with Crippen molar-refractivity contribution in [2.45, 2.75) is 39.7 Å². The third-order valence-electron chi connectivity index (χ3n) is 3.03. The van der Waals surface area contributed by atoms with E-state index >= 15 is 0 Å². The number of rotatable bonds is 7. The number of aliphatic hydroxyl groups excluding tert-OH is 1. The minimum absolute atomic E-state index is 0.0222. The summed E-state index contributed by atoms with van der Waals surface area (Å²) in [5.41, 5.74) is 0.588. The molecule has 1 aromatic heterocycles. The van der Waals surface area contributed by atoms with Crippen LogP contribution in [0.15, 0.2) is 12.3 Å². The summed E-state index contributed by atoms with van der Waals surface area (Å²) >= 11 is 6.00. The highest BCUT2D eigenvalue weighted by molar-refractivity contribution is 6.31. The van der Waals surface area contributed by atoms with Crippen molar-refractivity contribution >= 4 is 17.5 Å². The fraction of sp³-hybridized carbons (Fsp3) is 0.643.